The predicted molar refractivity (Wildman–Crippen MR) is 58.2 cm³/mol. The molecule has 2 unspecified atom stereocenters. The zero-order valence-corrected chi connectivity index (χ0v) is 9.32. The van der Waals surface area contributed by atoms with E-state index in [0.717, 1.165) is 26.1 Å². The van der Waals surface area contributed by atoms with Gasteiger partial charge in [0.1, 0.15) is 0 Å². The fourth-order valence-electron chi connectivity index (χ4n) is 2.06. The molecule has 1 amide bonds. The minimum atomic E-state index is -0.550. The third-order valence-electron chi connectivity index (χ3n) is 2.83. The van der Waals surface area contributed by atoms with Gasteiger partial charge < -0.3 is 21.1 Å². The lowest BCUT2D eigenvalue weighted by Gasteiger charge is -2.33. The molecule has 0 aromatic heterocycles. The highest BCUT2D eigenvalue weighted by Crippen LogP contribution is 2.16. The van der Waals surface area contributed by atoms with Crippen molar-refractivity contribution in [1.29, 1.82) is 0 Å². The number of methoxy groups -OCH3 is 1. The number of carbonyl (C=O) groups excluding carboxylic acids is 1. The first-order valence-corrected chi connectivity index (χ1v) is 5.39. The maximum absolute atomic E-state index is 10.8. The fraction of sp³-hybridized carbons (Fsp3) is 0.900. The summed E-state index contributed by atoms with van der Waals surface area (Å²) in [6.07, 6.45) is 2.33. The van der Waals surface area contributed by atoms with Crippen molar-refractivity contribution in [3.63, 3.8) is 0 Å². The molecule has 1 aliphatic heterocycles. The summed E-state index contributed by atoms with van der Waals surface area (Å²) in [6, 6.07) is -0.550. The number of piperidine rings is 1. The average molecular weight is 215 g/mol. The molecule has 1 fully saturated rings. The Morgan fingerprint density at radius 1 is 1.67 bits per heavy atom. The molecule has 1 saturated heterocycles. The van der Waals surface area contributed by atoms with Crippen molar-refractivity contribution >= 4 is 5.91 Å². The van der Waals surface area contributed by atoms with Crippen LogP contribution in [0.3, 0.4) is 0 Å². The van der Waals surface area contributed by atoms with Crippen LogP contribution in [-0.2, 0) is 9.53 Å². The summed E-state index contributed by atoms with van der Waals surface area (Å²) in [7, 11) is 1.72. The number of rotatable bonds is 5. The lowest BCUT2D eigenvalue weighted by atomic mass is 9.98. The van der Waals surface area contributed by atoms with Gasteiger partial charge in [-0.15, -0.1) is 0 Å². The number of carbonyl (C=O) groups is 1. The summed E-state index contributed by atoms with van der Waals surface area (Å²) in [5, 5.41) is 0. The van der Waals surface area contributed by atoms with Crippen LogP contribution in [0.15, 0.2) is 0 Å². The van der Waals surface area contributed by atoms with E-state index in [1.807, 2.05) is 0 Å². The van der Waals surface area contributed by atoms with Crippen molar-refractivity contribution in [3.8, 4) is 0 Å². The number of ether oxygens (including phenoxy) is 1. The molecule has 0 aromatic rings. The molecule has 15 heavy (non-hydrogen) atoms. The minimum absolute atomic E-state index is 0.427. The normalized spacial score (nSPS) is 25.1. The molecular formula is C10H21N3O2. The standard InChI is InChI=1S/C10H21N3O2/c1-15-7-8-3-2-4-13(5-8)6-9(11)10(12)14/h8-9H,2-7,11H2,1H3,(H2,12,14). The Kier molecular flexibility index (Phi) is 5.01. The van der Waals surface area contributed by atoms with Crippen molar-refractivity contribution in [1.82, 2.24) is 4.90 Å². The average Bonchev–Trinajstić information content (AvgIpc) is 2.18. The Hall–Kier alpha value is -0.650. The molecule has 0 radical (unpaired) electrons. The summed E-state index contributed by atoms with van der Waals surface area (Å²) in [5.74, 6) is 0.132. The number of primary amides is 1. The van der Waals surface area contributed by atoms with Gasteiger partial charge in [-0.25, -0.2) is 0 Å². The van der Waals surface area contributed by atoms with Crippen LogP contribution in [0.5, 0.6) is 0 Å². The number of amides is 1. The maximum atomic E-state index is 10.8. The Morgan fingerprint density at radius 2 is 2.40 bits per heavy atom. The van der Waals surface area contributed by atoms with Gasteiger partial charge in [0.15, 0.2) is 0 Å². The molecule has 1 aliphatic rings. The van der Waals surface area contributed by atoms with Crippen LogP contribution in [-0.4, -0.2) is 50.2 Å². The van der Waals surface area contributed by atoms with Gasteiger partial charge in [0.25, 0.3) is 0 Å². The molecule has 5 nitrogen and oxygen atoms in total. The predicted octanol–water partition coefficient (Wildman–Crippen LogP) is -0.843. The summed E-state index contributed by atoms with van der Waals surface area (Å²) < 4.78 is 5.13. The van der Waals surface area contributed by atoms with E-state index < -0.39 is 11.9 Å². The van der Waals surface area contributed by atoms with E-state index in [1.54, 1.807) is 7.11 Å². The molecule has 2 atom stereocenters. The SMILES string of the molecule is COCC1CCCN(CC(N)C(N)=O)C1. The second-order valence-electron chi connectivity index (χ2n) is 4.23. The van der Waals surface area contributed by atoms with Gasteiger partial charge in [-0.3, -0.25) is 4.79 Å². The van der Waals surface area contributed by atoms with E-state index >= 15 is 0 Å². The Morgan fingerprint density at radius 3 is 3.00 bits per heavy atom. The Bertz CT molecular complexity index is 209. The third kappa shape index (κ3) is 4.15. The monoisotopic (exact) mass is 215 g/mol. The summed E-state index contributed by atoms with van der Waals surface area (Å²) >= 11 is 0. The zero-order valence-electron chi connectivity index (χ0n) is 9.32. The van der Waals surface area contributed by atoms with Gasteiger partial charge in [0.05, 0.1) is 12.6 Å². The largest absolute Gasteiger partial charge is 0.384 e. The molecule has 5 heteroatoms. The van der Waals surface area contributed by atoms with Crippen LogP contribution in [0.1, 0.15) is 12.8 Å². The van der Waals surface area contributed by atoms with Crippen LogP contribution in [0.2, 0.25) is 0 Å². The smallest absolute Gasteiger partial charge is 0.235 e. The van der Waals surface area contributed by atoms with Crippen molar-refractivity contribution in [3.05, 3.63) is 0 Å². The molecular weight excluding hydrogens is 194 g/mol. The first-order valence-electron chi connectivity index (χ1n) is 5.39. The quantitative estimate of drug-likeness (QED) is 0.626. The highest BCUT2D eigenvalue weighted by molar-refractivity contribution is 5.79. The van der Waals surface area contributed by atoms with E-state index in [9.17, 15) is 4.79 Å². The first kappa shape index (κ1) is 12.4. The lowest BCUT2D eigenvalue weighted by molar-refractivity contribution is -0.119. The van der Waals surface area contributed by atoms with Gasteiger partial charge in [0.2, 0.25) is 5.91 Å². The van der Waals surface area contributed by atoms with Crippen molar-refractivity contribution in [2.45, 2.75) is 18.9 Å². The number of hydrogen-bond donors (Lipinski definition) is 2. The highest BCUT2D eigenvalue weighted by atomic mass is 16.5. The second kappa shape index (κ2) is 6.05. The number of nitrogens with two attached hydrogens (primary N) is 2. The molecule has 1 rings (SSSR count). The molecule has 0 aliphatic carbocycles. The Balaban J connectivity index is 2.32. The second-order valence-corrected chi connectivity index (χ2v) is 4.23. The molecule has 88 valence electrons. The van der Waals surface area contributed by atoms with Gasteiger partial charge in [-0.05, 0) is 25.3 Å². The van der Waals surface area contributed by atoms with Gasteiger partial charge in [-0.2, -0.15) is 0 Å². The topological polar surface area (TPSA) is 81.6 Å². The maximum Gasteiger partial charge on any atom is 0.235 e. The van der Waals surface area contributed by atoms with Gasteiger partial charge >= 0.3 is 0 Å². The summed E-state index contributed by atoms with van der Waals surface area (Å²) in [6.45, 7) is 3.30. The number of nitrogens with zero attached hydrogens (tertiary/aromatic N) is 1. The number of likely N-dealkylation sites (tertiary alicyclic amines) is 1. The van der Waals surface area contributed by atoms with Crippen LogP contribution in [0.4, 0.5) is 0 Å². The van der Waals surface area contributed by atoms with E-state index in [2.05, 4.69) is 4.90 Å². The molecule has 0 spiro atoms. The minimum Gasteiger partial charge on any atom is -0.384 e. The van der Waals surface area contributed by atoms with Crippen LogP contribution in [0, 0.1) is 5.92 Å². The van der Waals surface area contributed by atoms with Gasteiger partial charge in [0, 0.05) is 20.2 Å². The van der Waals surface area contributed by atoms with Crippen molar-refractivity contribution in [2.75, 3.05) is 33.4 Å². The van der Waals surface area contributed by atoms with E-state index in [1.165, 1.54) is 6.42 Å². The van der Waals surface area contributed by atoms with Crippen molar-refractivity contribution in [2.24, 2.45) is 17.4 Å². The van der Waals surface area contributed by atoms with Crippen LogP contribution >= 0.6 is 0 Å². The van der Waals surface area contributed by atoms with Gasteiger partial charge in [-0.1, -0.05) is 0 Å². The first-order chi connectivity index (χ1) is 7.13. The lowest BCUT2D eigenvalue weighted by Crippen LogP contribution is -2.49. The zero-order chi connectivity index (χ0) is 11.3. The van der Waals surface area contributed by atoms with Crippen molar-refractivity contribution < 1.29 is 9.53 Å². The molecule has 0 aromatic carbocycles. The van der Waals surface area contributed by atoms with E-state index in [-0.39, 0.29) is 0 Å². The fourth-order valence-corrected chi connectivity index (χ4v) is 2.06. The summed E-state index contributed by atoms with van der Waals surface area (Å²) in [4.78, 5) is 13.0. The molecule has 4 N–H and O–H groups in total. The van der Waals surface area contributed by atoms with E-state index in [0.29, 0.717) is 12.5 Å². The summed E-state index contributed by atoms with van der Waals surface area (Å²) in [5.41, 5.74) is 10.8. The van der Waals surface area contributed by atoms with Crippen LogP contribution < -0.4 is 11.5 Å². The molecule has 0 bridgehead atoms. The highest BCUT2D eigenvalue weighted by Gasteiger charge is 2.22. The molecule has 0 saturated carbocycles. The van der Waals surface area contributed by atoms with E-state index in [4.69, 9.17) is 16.2 Å². The Labute approximate surface area is 90.7 Å². The number of hydrogen-bond acceptors (Lipinski definition) is 4. The molecule has 1 heterocycles. The van der Waals surface area contributed by atoms with Crippen LogP contribution in [0.25, 0.3) is 0 Å². The third-order valence-corrected chi connectivity index (χ3v) is 2.83.